The minimum absolute atomic E-state index is 0.0221. The van der Waals surface area contributed by atoms with Crippen molar-refractivity contribution in [3.63, 3.8) is 0 Å². The van der Waals surface area contributed by atoms with Gasteiger partial charge in [-0.25, -0.2) is 14.2 Å². The highest BCUT2D eigenvalue weighted by Crippen LogP contribution is 2.29. The molecule has 0 radical (unpaired) electrons. The zero-order chi connectivity index (χ0) is 26.2. The van der Waals surface area contributed by atoms with Crippen LogP contribution in [0.3, 0.4) is 0 Å². The van der Waals surface area contributed by atoms with Crippen LogP contribution in [-0.2, 0) is 4.79 Å². The minimum atomic E-state index is -0.605. The third-order valence-electron chi connectivity index (χ3n) is 6.57. The van der Waals surface area contributed by atoms with Gasteiger partial charge in [0.15, 0.2) is 5.65 Å². The molecule has 196 valence electrons. The van der Waals surface area contributed by atoms with Crippen molar-refractivity contribution in [1.29, 1.82) is 0 Å². The fraction of sp³-hybridized carbons (Fsp3) is 0.320. The fourth-order valence-electron chi connectivity index (χ4n) is 4.46. The zero-order valence-electron chi connectivity index (χ0n) is 20.3. The second-order valence-corrected chi connectivity index (χ2v) is 9.58. The largest absolute Gasteiger partial charge is 0.367 e. The maximum atomic E-state index is 15.1. The Morgan fingerprint density at radius 3 is 2.71 bits per heavy atom. The standard InChI is InChI=1S/C25H26FN9O3/c26-17-8-13(23(36)30-16-2-1-7-27-12-16)3-6-18(17)31-20-10-21(29-15-4-5-15)35-22(33-20)14(11-28-35)9-19-24(37)34-25(38)32-19/h3,6,8-11,15-16,27,29H,1-2,4-5,7,12H2,(H,30,36)(H,31,33)(H2,32,34,37,38)/b19-9-. The SMILES string of the molecule is O=C1NC(=O)/C(=C/c2cnn3c(NC4CC4)cc(Nc4ccc(C(=O)NC5CCCNC5)cc4F)nc23)N1. The molecule has 2 aromatic heterocycles. The van der Waals surface area contributed by atoms with E-state index in [0.717, 1.165) is 32.2 Å². The summed E-state index contributed by atoms with van der Waals surface area (Å²) in [7, 11) is 0. The van der Waals surface area contributed by atoms with Gasteiger partial charge in [0, 0.05) is 35.8 Å². The van der Waals surface area contributed by atoms with Crippen molar-refractivity contribution in [2.24, 2.45) is 0 Å². The van der Waals surface area contributed by atoms with E-state index in [9.17, 15) is 14.4 Å². The van der Waals surface area contributed by atoms with Gasteiger partial charge in [0.2, 0.25) is 0 Å². The lowest BCUT2D eigenvalue weighted by molar-refractivity contribution is -0.115. The number of halogens is 1. The Hall–Kier alpha value is -4.52. The van der Waals surface area contributed by atoms with Crippen molar-refractivity contribution < 1.29 is 18.8 Å². The van der Waals surface area contributed by atoms with E-state index in [-0.39, 0.29) is 28.9 Å². The second kappa shape index (κ2) is 9.74. The number of urea groups is 1. The van der Waals surface area contributed by atoms with Gasteiger partial charge < -0.3 is 26.6 Å². The van der Waals surface area contributed by atoms with Crippen LogP contribution in [0.4, 0.5) is 26.5 Å². The summed E-state index contributed by atoms with van der Waals surface area (Å²) < 4.78 is 16.7. The number of anilines is 3. The summed E-state index contributed by atoms with van der Waals surface area (Å²) in [6.07, 6.45) is 6.92. The molecule has 1 aliphatic carbocycles. The van der Waals surface area contributed by atoms with Crippen LogP contribution in [0.15, 0.2) is 36.2 Å². The van der Waals surface area contributed by atoms with Crippen LogP contribution >= 0.6 is 0 Å². The molecule has 3 fully saturated rings. The third-order valence-corrected chi connectivity index (χ3v) is 6.57. The summed E-state index contributed by atoms with van der Waals surface area (Å²) in [6, 6.07) is 5.70. The zero-order valence-corrected chi connectivity index (χ0v) is 20.3. The Balaban J connectivity index is 1.27. The van der Waals surface area contributed by atoms with Gasteiger partial charge in [-0.1, -0.05) is 0 Å². The van der Waals surface area contributed by atoms with Crippen LogP contribution < -0.4 is 31.9 Å². The van der Waals surface area contributed by atoms with E-state index in [1.54, 1.807) is 16.6 Å². The molecule has 6 rings (SSSR count). The highest BCUT2D eigenvalue weighted by atomic mass is 19.1. The molecule has 0 bridgehead atoms. The van der Waals surface area contributed by atoms with Crippen LogP contribution in [0.25, 0.3) is 11.7 Å². The Labute approximate surface area is 216 Å². The van der Waals surface area contributed by atoms with E-state index in [1.807, 2.05) is 0 Å². The number of nitrogens with one attached hydrogen (secondary N) is 6. The molecule has 4 amide bonds. The van der Waals surface area contributed by atoms with Crippen LogP contribution in [0.2, 0.25) is 0 Å². The summed E-state index contributed by atoms with van der Waals surface area (Å²) in [4.78, 5) is 40.7. The average molecular weight is 520 g/mol. The lowest BCUT2D eigenvalue weighted by Gasteiger charge is -2.23. The van der Waals surface area contributed by atoms with E-state index in [4.69, 9.17) is 0 Å². The first-order valence-corrected chi connectivity index (χ1v) is 12.5. The summed E-state index contributed by atoms with van der Waals surface area (Å²) in [6.45, 7) is 1.63. The van der Waals surface area contributed by atoms with Crippen molar-refractivity contribution in [2.45, 2.75) is 37.8 Å². The molecule has 2 aliphatic heterocycles. The molecule has 13 heteroatoms. The normalized spacial score (nSPS) is 20.3. The minimum Gasteiger partial charge on any atom is -0.367 e. The van der Waals surface area contributed by atoms with E-state index in [2.05, 4.69) is 42.0 Å². The molecule has 6 N–H and O–H groups in total. The van der Waals surface area contributed by atoms with Gasteiger partial charge in [0.25, 0.3) is 11.8 Å². The average Bonchev–Trinajstić information content (AvgIpc) is 3.54. The molecular formula is C25H26FN9O3. The summed E-state index contributed by atoms with van der Waals surface area (Å²) in [5.41, 5.74) is 1.35. The molecule has 1 atom stereocenters. The maximum absolute atomic E-state index is 15.1. The molecule has 38 heavy (non-hydrogen) atoms. The summed E-state index contributed by atoms with van der Waals surface area (Å²) in [5.74, 6) is -0.489. The van der Waals surface area contributed by atoms with Gasteiger partial charge in [-0.05, 0) is 56.5 Å². The first kappa shape index (κ1) is 23.9. The van der Waals surface area contributed by atoms with Crippen molar-refractivity contribution >= 4 is 46.9 Å². The molecule has 0 spiro atoms. The molecule has 1 saturated carbocycles. The van der Waals surface area contributed by atoms with Gasteiger partial charge in [-0.15, -0.1) is 0 Å². The van der Waals surface area contributed by atoms with Gasteiger partial charge in [0.1, 0.15) is 23.1 Å². The molecule has 1 aromatic carbocycles. The molecule has 2 saturated heterocycles. The number of carbonyl (C=O) groups excluding carboxylic acids is 3. The fourth-order valence-corrected chi connectivity index (χ4v) is 4.46. The van der Waals surface area contributed by atoms with Gasteiger partial charge in [-0.3, -0.25) is 14.9 Å². The number of hydrogen-bond acceptors (Lipinski definition) is 8. The lowest BCUT2D eigenvalue weighted by atomic mass is 10.1. The van der Waals surface area contributed by atoms with Gasteiger partial charge >= 0.3 is 6.03 Å². The summed E-state index contributed by atoms with van der Waals surface area (Å²) >= 11 is 0. The lowest BCUT2D eigenvalue weighted by Crippen LogP contribution is -2.45. The molecule has 12 nitrogen and oxygen atoms in total. The molecular weight excluding hydrogens is 493 g/mol. The molecule has 3 aliphatic rings. The monoisotopic (exact) mass is 519 g/mol. The number of imide groups is 1. The Kier molecular flexibility index (Phi) is 6.12. The van der Waals surface area contributed by atoms with E-state index in [0.29, 0.717) is 35.4 Å². The van der Waals surface area contributed by atoms with Crippen molar-refractivity contribution in [2.75, 3.05) is 23.7 Å². The van der Waals surface area contributed by atoms with Crippen LogP contribution in [0.1, 0.15) is 41.6 Å². The second-order valence-electron chi connectivity index (χ2n) is 9.58. The van der Waals surface area contributed by atoms with E-state index in [1.165, 1.54) is 24.4 Å². The van der Waals surface area contributed by atoms with Gasteiger partial charge in [0.05, 0.1) is 11.9 Å². The molecule has 4 heterocycles. The number of hydrogen-bond donors (Lipinski definition) is 6. The van der Waals surface area contributed by atoms with E-state index < -0.39 is 17.8 Å². The first-order chi connectivity index (χ1) is 18.4. The van der Waals surface area contributed by atoms with Crippen molar-refractivity contribution in [3.8, 4) is 0 Å². The van der Waals surface area contributed by atoms with E-state index >= 15 is 4.39 Å². The van der Waals surface area contributed by atoms with Crippen molar-refractivity contribution in [1.82, 2.24) is 35.9 Å². The van der Waals surface area contributed by atoms with Crippen LogP contribution in [0.5, 0.6) is 0 Å². The first-order valence-electron chi connectivity index (χ1n) is 12.5. The number of carbonyl (C=O) groups is 3. The number of fused-ring (bicyclic) bond motifs is 1. The third kappa shape index (κ3) is 5.00. The van der Waals surface area contributed by atoms with Crippen molar-refractivity contribution in [3.05, 3.63) is 53.1 Å². The number of benzene rings is 1. The topological polar surface area (TPSA) is 154 Å². The Bertz CT molecular complexity index is 1470. The predicted octanol–water partition coefficient (Wildman–Crippen LogP) is 1.85. The highest BCUT2D eigenvalue weighted by Gasteiger charge is 2.25. The number of nitrogens with zero attached hydrogens (tertiary/aromatic N) is 3. The van der Waals surface area contributed by atoms with Crippen LogP contribution in [0, 0.1) is 5.82 Å². The maximum Gasteiger partial charge on any atom is 0.326 e. The van der Waals surface area contributed by atoms with Gasteiger partial charge in [-0.2, -0.15) is 9.61 Å². The predicted molar refractivity (Wildman–Crippen MR) is 137 cm³/mol. The van der Waals surface area contributed by atoms with Crippen LogP contribution in [-0.4, -0.2) is 57.6 Å². The number of piperidine rings is 1. The Morgan fingerprint density at radius 2 is 2.00 bits per heavy atom. The number of rotatable bonds is 7. The number of amides is 4. The number of aromatic nitrogens is 3. The summed E-state index contributed by atoms with van der Waals surface area (Å²) in [5, 5.41) is 21.5. The quantitative estimate of drug-likeness (QED) is 0.204. The Morgan fingerprint density at radius 1 is 1.13 bits per heavy atom. The smallest absolute Gasteiger partial charge is 0.326 e. The molecule has 3 aromatic rings. The molecule has 1 unspecified atom stereocenters. The highest BCUT2D eigenvalue weighted by molar-refractivity contribution is 6.14.